The molecule has 1 saturated heterocycles. The first kappa shape index (κ1) is 11.0. The molecule has 4 heteroatoms. The van der Waals surface area contributed by atoms with E-state index in [1.54, 1.807) is 0 Å². The van der Waals surface area contributed by atoms with Crippen molar-refractivity contribution in [2.45, 2.75) is 31.7 Å². The van der Waals surface area contributed by atoms with E-state index in [1.807, 2.05) is 11.7 Å². The van der Waals surface area contributed by atoms with Gasteiger partial charge in [-0.2, -0.15) is 5.10 Å². The molecule has 0 aromatic carbocycles. The lowest BCUT2D eigenvalue weighted by Gasteiger charge is -2.14. The molecule has 0 aliphatic carbocycles. The topological polar surface area (TPSA) is 21.1 Å². The van der Waals surface area contributed by atoms with Crippen LogP contribution in [0.15, 0.2) is 6.07 Å². The molecule has 1 aliphatic rings. The third-order valence-electron chi connectivity index (χ3n) is 2.99. The Bertz CT molecular complexity index is 335. The maximum atomic E-state index is 6.08. The van der Waals surface area contributed by atoms with E-state index in [9.17, 15) is 0 Å². The number of halogens is 1. The van der Waals surface area contributed by atoms with Gasteiger partial charge in [0, 0.05) is 32.1 Å². The molecule has 0 radical (unpaired) electrons. The SMILES string of the molecule is CCc1cc(CN2CCC(Cl)C2)n(C)n1. The third-order valence-corrected chi connectivity index (χ3v) is 3.35. The zero-order chi connectivity index (χ0) is 10.8. The molecule has 0 bridgehead atoms. The minimum absolute atomic E-state index is 0.337. The van der Waals surface area contributed by atoms with Crippen molar-refractivity contribution in [2.75, 3.05) is 13.1 Å². The van der Waals surface area contributed by atoms with Gasteiger partial charge < -0.3 is 0 Å². The Labute approximate surface area is 96.0 Å². The van der Waals surface area contributed by atoms with Crippen LogP contribution in [0.4, 0.5) is 0 Å². The quantitative estimate of drug-likeness (QED) is 0.735. The molecular formula is C11H18ClN3. The minimum Gasteiger partial charge on any atom is -0.296 e. The molecule has 1 aromatic heterocycles. The summed E-state index contributed by atoms with van der Waals surface area (Å²) in [7, 11) is 2.02. The Morgan fingerprint density at radius 3 is 2.93 bits per heavy atom. The van der Waals surface area contributed by atoms with Crippen molar-refractivity contribution in [3.63, 3.8) is 0 Å². The summed E-state index contributed by atoms with van der Waals surface area (Å²) in [6.07, 6.45) is 2.12. The maximum Gasteiger partial charge on any atom is 0.0625 e. The molecular weight excluding hydrogens is 210 g/mol. The fraction of sp³-hybridized carbons (Fsp3) is 0.727. The lowest BCUT2D eigenvalue weighted by molar-refractivity contribution is 0.322. The van der Waals surface area contributed by atoms with Gasteiger partial charge in [0.2, 0.25) is 0 Å². The predicted molar refractivity (Wildman–Crippen MR) is 62.1 cm³/mol. The second-order valence-electron chi connectivity index (χ2n) is 4.23. The van der Waals surface area contributed by atoms with Gasteiger partial charge in [-0.25, -0.2) is 0 Å². The number of rotatable bonds is 3. The van der Waals surface area contributed by atoms with Crippen molar-refractivity contribution in [3.05, 3.63) is 17.5 Å². The molecule has 1 aliphatic heterocycles. The average molecular weight is 228 g/mol. The van der Waals surface area contributed by atoms with Gasteiger partial charge >= 0.3 is 0 Å². The largest absolute Gasteiger partial charge is 0.296 e. The van der Waals surface area contributed by atoms with E-state index in [2.05, 4.69) is 23.0 Å². The fourth-order valence-corrected chi connectivity index (χ4v) is 2.34. The Hall–Kier alpha value is -0.540. The van der Waals surface area contributed by atoms with E-state index < -0.39 is 0 Å². The van der Waals surface area contributed by atoms with E-state index in [0.29, 0.717) is 5.38 Å². The number of hydrogen-bond acceptors (Lipinski definition) is 2. The Morgan fingerprint density at radius 2 is 2.40 bits per heavy atom. The van der Waals surface area contributed by atoms with E-state index in [0.717, 1.165) is 32.5 Å². The summed E-state index contributed by atoms with van der Waals surface area (Å²) >= 11 is 6.08. The molecule has 84 valence electrons. The summed E-state index contributed by atoms with van der Waals surface area (Å²) in [6.45, 7) is 5.23. The zero-order valence-corrected chi connectivity index (χ0v) is 10.2. The molecule has 1 fully saturated rings. The summed E-state index contributed by atoms with van der Waals surface area (Å²) in [4.78, 5) is 2.40. The van der Waals surface area contributed by atoms with Gasteiger partial charge in [-0.1, -0.05) is 6.92 Å². The van der Waals surface area contributed by atoms with Gasteiger partial charge in [0.1, 0.15) is 0 Å². The van der Waals surface area contributed by atoms with Crippen molar-refractivity contribution >= 4 is 11.6 Å². The van der Waals surface area contributed by atoms with Crippen molar-refractivity contribution in [1.29, 1.82) is 0 Å². The number of likely N-dealkylation sites (tertiary alicyclic amines) is 1. The second kappa shape index (κ2) is 4.54. The lowest BCUT2D eigenvalue weighted by Crippen LogP contribution is -2.21. The Balaban J connectivity index is 2.00. The first-order chi connectivity index (χ1) is 7.19. The van der Waals surface area contributed by atoms with Crippen LogP contribution in [0.3, 0.4) is 0 Å². The lowest BCUT2D eigenvalue weighted by atomic mass is 10.3. The number of nitrogens with zero attached hydrogens (tertiary/aromatic N) is 3. The minimum atomic E-state index is 0.337. The van der Waals surface area contributed by atoms with Gasteiger partial charge in [-0.15, -0.1) is 11.6 Å². The molecule has 0 saturated carbocycles. The van der Waals surface area contributed by atoms with Crippen molar-refractivity contribution in [3.8, 4) is 0 Å². The van der Waals surface area contributed by atoms with Crippen molar-refractivity contribution in [2.24, 2.45) is 7.05 Å². The number of alkyl halides is 1. The summed E-state index contributed by atoms with van der Waals surface area (Å²) in [5.41, 5.74) is 2.46. The van der Waals surface area contributed by atoms with Gasteiger partial charge in [-0.3, -0.25) is 9.58 Å². The average Bonchev–Trinajstić information content (AvgIpc) is 2.75. The van der Waals surface area contributed by atoms with Gasteiger partial charge in [0.25, 0.3) is 0 Å². The second-order valence-corrected chi connectivity index (χ2v) is 4.84. The molecule has 1 aromatic rings. The highest BCUT2D eigenvalue weighted by molar-refractivity contribution is 6.20. The van der Waals surface area contributed by atoms with E-state index >= 15 is 0 Å². The number of hydrogen-bond donors (Lipinski definition) is 0. The van der Waals surface area contributed by atoms with Crippen LogP contribution in [0.2, 0.25) is 0 Å². The molecule has 0 N–H and O–H groups in total. The van der Waals surface area contributed by atoms with E-state index in [-0.39, 0.29) is 0 Å². The molecule has 1 atom stereocenters. The highest BCUT2D eigenvalue weighted by Crippen LogP contribution is 2.17. The van der Waals surface area contributed by atoms with Crippen LogP contribution in [0.5, 0.6) is 0 Å². The number of aromatic nitrogens is 2. The number of aryl methyl sites for hydroxylation is 2. The normalized spacial score (nSPS) is 22.5. The third kappa shape index (κ3) is 2.52. The first-order valence-electron chi connectivity index (χ1n) is 5.57. The predicted octanol–water partition coefficient (Wildman–Crippen LogP) is 1.80. The van der Waals surface area contributed by atoms with Crippen LogP contribution in [0.25, 0.3) is 0 Å². The Kier molecular flexibility index (Phi) is 3.32. The highest BCUT2D eigenvalue weighted by atomic mass is 35.5. The molecule has 0 amide bonds. The molecule has 15 heavy (non-hydrogen) atoms. The first-order valence-corrected chi connectivity index (χ1v) is 6.01. The smallest absolute Gasteiger partial charge is 0.0625 e. The van der Waals surface area contributed by atoms with Gasteiger partial charge in [-0.05, 0) is 18.9 Å². The molecule has 0 spiro atoms. The van der Waals surface area contributed by atoms with Crippen LogP contribution in [-0.4, -0.2) is 33.1 Å². The highest BCUT2D eigenvalue weighted by Gasteiger charge is 2.21. The summed E-state index contributed by atoms with van der Waals surface area (Å²) in [6, 6.07) is 2.20. The monoisotopic (exact) mass is 227 g/mol. The van der Waals surface area contributed by atoms with Crippen LogP contribution in [0, 0.1) is 0 Å². The van der Waals surface area contributed by atoms with Crippen molar-refractivity contribution < 1.29 is 0 Å². The maximum absolute atomic E-state index is 6.08. The van der Waals surface area contributed by atoms with Crippen LogP contribution in [0.1, 0.15) is 24.7 Å². The zero-order valence-electron chi connectivity index (χ0n) is 9.41. The van der Waals surface area contributed by atoms with Crippen LogP contribution in [-0.2, 0) is 20.0 Å². The van der Waals surface area contributed by atoms with Gasteiger partial charge in [0.05, 0.1) is 11.4 Å². The standard InChI is InChI=1S/C11H18ClN3/c1-3-10-6-11(14(2)13-10)8-15-5-4-9(12)7-15/h6,9H,3-5,7-8H2,1-2H3. The molecule has 3 nitrogen and oxygen atoms in total. The Morgan fingerprint density at radius 1 is 1.60 bits per heavy atom. The van der Waals surface area contributed by atoms with Crippen molar-refractivity contribution in [1.82, 2.24) is 14.7 Å². The molecule has 1 unspecified atom stereocenters. The molecule has 2 heterocycles. The summed E-state index contributed by atoms with van der Waals surface area (Å²) in [5, 5.41) is 4.78. The molecule has 2 rings (SSSR count). The van der Waals surface area contributed by atoms with E-state index in [1.165, 1.54) is 11.4 Å². The van der Waals surface area contributed by atoms with E-state index in [4.69, 9.17) is 11.6 Å². The van der Waals surface area contributed by atoms with Crippen LogP contribution >= 0.6 is 11.6 Å². The summed E-state index contributed by atoms with van der Waals surface area (Å²) < 4.78 is 1.99. The summed E-state index contributed by atoms with van der Waals surface area (Å²) in [5.74, 6) is 0. The van der Waals surface area contributed by atoms with Crippen LogP contribution < -0.4 is 0 Å². The fourth-order valence-electron chi connectivity index (χ4n) is 2.05. The van der Waals surface area contributed by atoms with Gasteiger partial charge in [0.15, 0.2) is 0 Å².